The van der Waals surface area contributed by atoms with Gasteiger partial charge < -0.3 is 0 Å². The van der Waals surface area contributed by atoms with Crippen LogP contribution in [0.25, 0.3) is 16.7 Å². The minimum atomic E-state index is 0.860. The summed E-state index contributed by atoms with van der Waals surface area (Å²) in [7, 11) is 1.87. The molecule has 0 aliphatic carbocycles. The van der Waals surface area contributed by atoms with Crippen LogP contribution in [-0.4, -0.2) is 24.1 Å². The topological polar surface area (TPSA) is 48.0 Å². The van der Waals surface area contributed by atoms with Crippen molar-refractivity contribution in [2.75, 3.05) is 0 Å². The fourth-order valence-corrected chi connectivity index (χ4v) is 1.47. The number of aromatic nitrogens is 5. The molecular weight excluding hydrogens is 166 g/mol. The summed E-state index contributed by atoms with van der Waals surface area (Å²) in [6.45, 7) is 0. The molecule has 0 saturated carbocycles. The summed E-state index contributed by atoms with van der Waals surface area (Å²) >= 11 is 0. The van der Waals surface area contributed by atoms with Crippen LogP contribution in [-0.2, 0) is 7.05 Å². The second kappa shape index (κ2) is 2.07. The van der Waals surface area contributed by atoms with Crippen molar-refractivity contribution in [1.82, 2.24) is 24.1 Å². The largest absolute Gasteiger partial charge is 0.290 e. The van der Waals surface area contributed by atoms with E-state index in [1.165, 1.54) is 0 Å². The number of hydrogen-bond donors (Lipinski definition) is 0. The highest BCUT2D eigenvalue weighted by Crippen LogP contribution is 2.14. The Morgan fingerprint density at radius 3 is 3.08 bits per heavy atom. The Morgan fingerprint density at radius 1 is 1.23 bits per heavy atom. The van der Waals surface area contributed by atoms with Gasteiger partial charge in [-0.15, -0.1) is 0 Å². The van der Waals surface area contributed by atoms with Crippen LogP contribution in [0.1, 0.15) is 0 Å². The molecule has 0 aliphatic heterocycles. The van der Waals surface area contributed by atoms with Crippen molar-refractivity contribution in [3.05, 3.63) is 24.9 Å². The third-order valence-corrected chi connectivity index (χ3v) is 2.12. The molecule has 0 N–H and O–H groups in total. The summed E-state index contributed by atoms with van der Waals surface area (Å²) in [6.07, 6.45) is 7.15. The number of imidazole rings is 1. The highest BCUT2D eigenvalue weighted by atomic mass is 15.3. The predicted octanol–water partition coefficient (Wildman–Crippen LogP) is 0.616. The fourth-order valence-electron chi connectivity index (χ4n) is 1.47. The molecule has 0 atom stereocenters. The number of rotatable bonds is 0. The lowest BCUT2D eigenvalue weighted by molar-refractivity contribution is 0.784. The van der Waals surface area contributed by atoms with Crippen LogP contribution < -0.4 is 0 Å². The standard InChI is InChI=1S/C8H7N5/c1-12-7-6(4-11-12)8-9-2-3-13(8)5-10-7/h2-5H,1H3. The molecule has 64 valence electrons. The minimum Gasteiger partial charge on any atom is -0.290 e. The molecule has 3 aromatic heterocycles. The Morgan fingerprint density at radius 2 is 2.15 bits per heavy atom. The van der Waals surface area contributed by atoms with Gasteiger partial charge in [0.2, 0.25) is 0 Å². The monoisotopic (exact) mass is 173 g/mol. The zero-order valence-electron chi connectivity index (χ0n) is 7.05. The molecule has 0 aliphatic rings. The fraction of sp³-hybridized carbons (Fsp3) is 0.125. The van der Waals surface area contributed by atoms with Gasteiger partial charge in [0, 0.05) is 19.4 Å². The van der Waals surface area contributed by atoms with Crippen LogP contribution in [0.15, 0.2) is 24.9 Å². The van der Waals surface area contributed by atoms with E-state index < -0.39 is 0 Å². The highest BCUT2D eigenvalue weighted by molar-refractivity contribution is 5.88. The molecule has 5 nitrogen and oxygen atoms in total. The van der Waals surface area contributed by atoms with E-state index in [-0.39, 0.29) is 0 Å². The average Bonchev–Trinajstić information content (AvgIpc) is 2.70. The summed E-state index contributed by atoms with van der Waals surface area (Å²) < 4.78 is 3.62. The zero-order chi connectivity index (χ0) is 8.84. The van der Waals surface area contributed by atoms with Gasteiger partial charge in [-0.2, -0.15) is 5.10 Å². The van der Waals surface area contributed by atoms with E-state index >= 15 is 0 Å². The van der Waals surface area contributed by atoms with Gasteiger partial charge in [-0.3, -0.25) is 9.08 Å². The maximum absolute atomic E-state index is 4.26. The minimum absolute atomic E-state index is 0.860. The zero-order valence-corrected chi connectivity index (χ0v) is 7.05. The maximum Gasteiger partial charge on any atom is 0.162 e. The number of hydrogen-bond acceptors (Lipinski definition) is 3. The Hall–Kier alpha value is -1.91. The van der Waals surface area contributed by atoms with Crippen LogP contribution in [0.2, 0.25) is 0 Å². The molecule has 13 heavy (non-hydrogen) atoms. The van der Waals surface area contributed by atoms with Crippen molar-refractivity contribution in [1.29, 1.82) is 0 Å². The molecule has 5 heteroatoms. The van der Waals surface area contributed by atoms with E-state index in [4.69, 9.17) is 0 Å². The van der Waals surface area contributed by atoms with E-state index in [0.29, 0.717) is 0 Å². The molecule has 0 saturated heterocycles. The first-order valence-electron chi connectivity index (χ1n) is 3.95. The molecule has 0 fully saturated rings. The van der Waals surface area contributed by atoms with Gasteiger partial charge >= 0.3 is 0 Å². The van der Waals surface area contributed by atoms with Gasteiger partial charge in [-0.1, -0.05) is 0 Å². The Balaban J connectivity index is 2.66. The van der Waals surface area contributed by atoms with E-state index in [0.717, 1.165) is 16.7 Å². The molecule has 0 amide bonds. The number of nitrogens with zero attached hydrogens (tertiary/aromatic N) is 5. The summed E-state index contributed by atoms with van der Waals surface area (Å²) in [5.41, 5.74) is 1.76. The first kappa shape index (κ1) is 6.59. The molecule has 0 aromatic carbocycles. The smallest absolute Gasteiger partial charge is 0.162 e. The molecule has 0 radical (unpaired) electrons. The first-order chi connectivity index (χ1) is 6.36. The highest BCUT2D eigenvalue weighted by Gasteiger charge is 2.05. The lowest BCUT2D eigenvalue weighted by Gasteiger charge is -1.94. The normalized spacial score (nSPS) is 11.5. The summed E-state index contributed by atoms with van der Waals surface area (Å²) in [5, 5.41) is 5.11. The quantitative estimate of drug-likeness (QED) is 0.500. The summed E-state index contributed by atoms with van der Waals surface area (Å²) in [6, 6.07) is 0. The molecule has 3 rings (SSSR count). The van der Waals surface area contributed by atoms with Crippen molar-refractivity contribution in [2.24, 2.45) is 7.05 Å². The summed E-state index contributed by atoms with van der Waals surface area (Å²) in [5.74, 6) is 0. The van der Waals surface area contributed by atoms with Gasteiger partial charge in [-0.25, -0.2) is 9.97 Å². The van der Waals surface area contributed by atoms with E-state index in [9.17, 15) is 0 Å². The lowest BCUT2D eigenvalue weighted by atomic mass is 10.4. The van der Waals surface area contributed by atoms with Crippen LogP contribution >= 0.6 is 0 Å². The first-order valence-corrected chi connectivity index (χ1v) is 3.95. The average molecular weight is 173 g/mol. The second-order valence-electron chi connectivity index (χ2n) is 2.91. The molecule has 3 aromatic rings. The van der Waals surface area contributed by atoms with Crippen LogP contribution in [0.4, 0.5) is 0 Å². The van der Waals surface area contributed by atoms with Gasteiger partial charge in [0.25, 0.3) is 0 Å². The predicted molar refractivity (Wildman–Crippen MR) is 47.3 cm³/mol. The second-order valence-corrected chi connectivity index (χ2v) is 2.91. The van der Waals surface area contributed by atoms with Crippen molar-refractivity contribution in [3.8, 4) is 0 Å². The summed E-state index contributed by atoms with van der Waals surface area (Å²) in [4.78, 5) is 8.49. The van der Waals surface area contributed by atoms with Gasteiger partial charge in [0.1, 0.15) is 6.33 Å². The number of aryl methyl sites for hydroxylation is 1. The SMILES string of the molecule is Cn1ncc2c1ncn1ccnc21. The molecule has 0 unspecified atom stereocenters. The van der Waals surface area contributed by atoms with Crippen molar-refractivity contribution in [2.45, 2.75) is 0 Å². The Bertz CT molecular complexity index is 576. The van der Waals surface area contributed by atoms with Crippen molar-refractivity contribution < 1.29 is 0 Å². The van der Waals surface area contributed by atoms with E-state index in [2.05, 4.69) is 15.1 Å². The van der Waals surface area contributed by atoms with Gasteiger partial charge in [-0.05, 0) is 0 Å². The maximum atomic E-state index is 4.26. The third-order valence-electron chi connectivity index (χ3n) is 2.12. The van der Waals surface area contributed by atoms with E-state index in [1.54, 1.807) is 23.4 Å². The molecular formula is C8H7N5. The Labute approximate surface area is 73.6 Å². The van der Waals surface area contributed by atoms with Crippen LogP contribution in [0, 0.1) is 0 Å². The molecule has 0 bridgehead atoms. The Kier molecular flexibility index (Phi) is 1.05. The number of fused-ring (bicyclic) bond motifs is 3. The van der Waals surface area contributed by atoms with Crippen molar-refractivity contribution >= 4 is 16.7 Å². The van der Waals surface area contributed by atoms with Crippen LogP contribution in [0.5, 0.6) is 0 Å². The lowest BCUT2D eigenvalue weighted by Crippen LogP contribution is -1.93. The van der Waals surface area contributed by atoms with Crippen molar-refractivity contribution in [3.63, 3.8) is 0 Å². The van der Waals surface area contributed by atoms with E-state index in [1.807, 2.05) is 17.6 Å². The van der Waals surface area contributed by atoms with Crippen LogP contribution in [0.3, 0.4) is 0 Å². The molecule has 3 heterocycles. The third kappa shape index (κ3) is 0.729. The molecule has 0 spiro atoms. The van der Waals surface area contributed by atoms with Gasteiger partial charge in [0.05, 0.1) is 11.6 Å². The van der Waals surface area contributed by atoms with Gasteiger partial charge in [0.15, 0.2) is 11.3 Å².